The maximum absolute atomic E-state index is 5.77. The van der Waals surface area contributed by atoms with Crippen molar-refractivity contribution in [1.29, 1.82) is 0 Å². The molecule has 0 radical (unpaired) electrons. The molecule has 0 unspecified atom stereocenters. The minimum Gasteiger partial charge on any atom is -0.384 e. The molecule has 1 saturated heterocycles. The third-order valence-corrected chi connectivity index (χ3v) is 4.39. The summed E-state index contributed by atoms with van der Waals surface area (Å²) in [5, 5.41) is 0. The van der Waals surface area contributed by atoms with Gasteiger partial charge in [0.25, 0.3) is 0 Å². The number of piperidine rings is 1. The second-order valence-corrected chi connectivity index (χ2v) is 6.14. The lowest BCUT2D eigenvalue weighted by Gasteiger charge is -2.32. The number of benzene rings is 1. The van der Waals surface area contributed by atoms with Crippen LogP contribution in [-0.2, 0) is 6.42 Å². The number of aromatic nitrogens is 4. The maximum Gasteiger partial charge on any atom is 0.227 e. The zero-order valence-electron chi connectivity index (χ0n) is 12.9. The van der Waals surface area contributed by atoms with Crippen LogP contribution in [0, 0.1) is 5.92 Å². The monoisotopic (exact) mass is 308 g/mol. The number of imidazole rings is 1. The molecule has 0 amide bonds. The molecule has 1 fully saturated rings. The summed E-state index contributed by atoms with van der Waals surface area (Å²) in [6, 6.07) is 9.89. The number of nitrogens with zero attached hydrogens (tertiary/aromatic N) is 4. The first-order chi connectivity index (χ1) is 11.3. The van der Waals surface area contributed by atoms with Crippen LogP contribution in [0.2, 0.25) is 0 Å². The molecule has 3 aromatic rings. The second kappa shape index (κ2) is 5.87. The van der Waals surface area contributed by atoms with E-state index < -0.39 is 0 Å². The quantitative estimate of drug-likeness (QED) is 0.776. The van der Waals surface area contributed by atoms with Gasteiger partial charge >= 0.3 is 0 Å². The lowest BCUT2D eigenvalue weighted by molar-refractivity contribution is 0.404. The van der Waals surface area contributed by atoms with E-state index in [9.17, 15) is 0 Å². The van der Waals surface area contributed by atoms with E-state index in [2.05, 4.69) is 25.9 Å². The Kier molecular flexibility index (Phi) is 3.57. The fraction of sp³-hybridized carbons (Fsp3) is 0.353. The van der Waals surface area contributed by atoms with Gasteiger partial charge in [0.15, 0.2) is 0 Å². The molecule has 1 aliphatic heterocycles. The van der Waals surface area contributed by atoms with Crippen LogP contribution in [0.3, 0.4) is 0 Å². The van der Waals surface area contributed by atoms with Gasteiger partial charge in [-0.3, -0.25) is 0 Å². The maximum atomic E-state index is 5.77. The molecule has 118 valence electrons. The summed E-state index contributed by atoms with van der Waals surface area (Å²) in [5.74, 6) is 2.87. The Morgan fingerprint density at radius 1 is 1.22 bits per heavy atom. The normalized spacial score (nSPS) is 18.4. The van der Waals surface area contributed by atoms with Gasteiger partial charge in [-0.15, -0.1) is 0 Å². The molecular weight excluding hydrogens is 288 g/mol. The third-order valence-electron chi connectivity index (χ3n) is 4.39. The second-order valence-electron chi connectivity index (χ2n) is 6.14. The molecule has 2 aromatic heterocycles. The number of nitrogens with one attached hydrogen (secondary N) is 1. The highest BCUT2D eigenvalue weighted by Crippen LogP contribution is 2.23. The minimum atomic E-state index is 0.523. The highest BCUT2D eigenvalue weighted by Gasteiger charge is 2.23. The molecule has 3 N–H and O–H groups in total. The van der Waals surface area contributed by atoms with Gasteiger partial charge in [-0.2, -0.15) is 4.98 Å². The van der Waals surface area contributed by atoms with E-state index in [1.807, 2.05) is 18.2 Å². The van der Waals surface area contributed by atoms with Gasteiger partial charge in [0.1, 0.15) is 11.6 Å². The van der Waals surface area contributed by atoms with Crippen molar-refractivity contribution in [2.75, 3.05) is 23.7 Å². The number of nitrogens with two attached hydrogens (primary N) is 1. The van der Waals surface area contributed by atoms with Crippen molar-refractivity contribution in [3.8, 4) is 0 Å². The molecule has 1 aromatic carbocycles. The van der Waals surface area contributed by atoms with Gasteiger partial charge in [0, 0.05) is 25.7 Å². The highest BCUT2D eigenvalue weighted by molar-refractivity contribution is 5.74. The van der Waals surface area contributed by atoms with Crippen LogP contribution >= 0.6 is 0 Å². The van der Waals surface area contributed by atoms with Crippen molar-refractivity contribution in [1.82, 2.24) is 19.9 Å². The lowest BCUT2D eigenvalue weighted by Crippen LogP contribution is -2.37. The number of hydrogen-bond donors (Lipinski definition) is 2. The Hall–Kier alpha value is -2.63. The van der Waals surface area contributed by atoms with E-state index >= 15 is 0 Å². The first kappa shape index (κ1) is 14.0. The van der Waals surface area contributed by atoms with Crippen molar-refractivity contribution in [2.24, 2.45) is 5.92 Å². The van der Waals surface area contributed by atoms with E-state index in [1.165, 1.54) is 6.42 Å². The largest absolute Gasteiger partial charge is 0.384 e. The fourth-order valence-corrected chi connectivity index (χ4v) is 3.30. The van der Waals surface area contributed by atoms with Crippen LogP contribution in [-0.4, -0.2) is 33.0 Å². The minimum absolute atomic E-state index is 0.523. The van der Waals surface area contributed by atoms with Crippen LogP contribution in [0.15, 0.2) is 36.5 Å². The Labute approximate surface area is 134 Å². The number of fused-ring (bicyclic) bond motifs is 1. The standard InChI is InChI=1S/C17H20N6/c18-15-7-8-19-17(22-15)23-9-3-4-12(11-23)10-16-20-13-5-1-2-6-14(13)21-16/h1-2,5-8,12H,3-4,9-11H2,(H,20,21)(H2,18,19,22)/t12-/m1/s1. The summed E-state index contributed by atoms with van der Waals surface area (Å²) in [7, 11) is 0. The summed E-state index contributed by atoms with van der Waals surface area (Å²) in [6.45, 7) is 1.93. The third kappa shape index (κ3) is 2.97. The van der Waals surface area contributed by atoms with Gasteiger partial charge in [0.05, 0.1) is 11.0 Å². The smallest absolute Gasteiger partial charge is 0.227 e. The highest BCUT2D eigenvalue weighted by atomic mass is 15.3. The lowest BCUT2D eigenvalue weighted by atomic mass is 9.95. The molecule has 6 nitrogen and oxygen atoms in total. The number of rotatable bonds is 3. The fourth-order valence-electron chi connectivity index (χ4n) is 3.30. The number of aromatic amines is 1. The zero-order chi connectivity index (χ0) is 15.6. The van der Waals surface area contributed by atoms with Gasteiger partial charge in [0.2, 0.25) is 5.95 Å². The predicted molar refractivity (Wildman–Crippen MR) is 91.2 cm³/mol. The number of hydrogen-bond acceptors (Lipinski definition) is 5. The summed E-state index contributed by atoms with van der Waals surface area (Å²) in [5.41, 5.74) is 7.92. The van der Waals surface area contributed by atoms with Gasteiger partial charge in [-0.05, 0) is 37.0 Å². The Balaban J connectivity index is 1.49. The van der Waals surface area contributed by atoms with Crippen LogP contribution < -0.4 is 10.6 Å². The van der Waals surface area contributed by atoms with Crippen molar-refractivity contribution in [3.63, 3.8) is 0 Å². The van der Waals surface area contributed by atoms with Crippen LogP contribution in [0.5, 0.6) is 0 Å². The number of H-pyrrole nitrogens is 1. The molecule has 1 aliphatic rings. The number of para-hydroxylation sites is 2. The average Bonchev–Trinajstić information content (AvgIpc) is 2.97. The molecule has 0 aliphatic carbocycles. The van der Waals surface area contributed by atoms with Crippen molar-refractivity contribution >= 4 is 22.8 Å². The van der Waals surface area contributed by atoms with Crippen molar-refractivity contribution in [2.45, 2.75) is 19.3 Å². The van der Waals surface area contributed by atoms with E-state index in [-0.39, 0.29) is 0 Å². The summed E-state index contributed by atoms with van der Waals surface area (Å²) in [4.78, 5) is 19.0. The Morgan fingerprint density at radius 3 is 3.00 bits per heavy atom. The summed E-state index contributed by atoms with van der Waals surface area (Å²) < 4.78 is 0. The summed E-state index contributed by atoms with van der Waals surface area (Å²) in [6.07, 6.45) is 5.02. The van der Waals surface area contributed by atoms with Gasteiger partial charge in [-0.25, -0.2) is 9.97 Å². The Bertz CT molecular complexity index is 778. The van der Waals surface area contributed by atoms with Crippen molar-refractivity contribution < 1.29 is 0 Å². The van der Waals surface area contributed by atoms with Crippen LogP contribution in [0.25, 0.3) is 11.0 Å². The predicted octanol–water partition coefficient (Wildman–Crippen LogP) is 2.39. The Morgan fingerprint density at radius 2 is 2.13 bits per heavy atom. The van der Waals surface area contributed by atoms with Crippen molar-refractivity contribution in [3.05, 3.63) is 42.4 Å². The van der Waals surface area contributed by atoms with E-state index in [0.717, 1.165) is 48.7 Å². The van der Waals surface area contributed by atoms with Gasteiger partial charge < -0.3 is 15.6 Å². The first-order valence-corrected chi connectivity index (χ1v) is 8.05. The topological polar surface area (TPSA) is 83.7 Å². The molecule has 0 saturated carbocycles. The zero-order valence-corrected chi connectivity index (χ0v) is 12.9. The SMILES string of the molecule is Nc1ccnc(N2CCC[C@H](Cc3nc4ccccc4[nH]3)C2)n1. The molecule has 0 bridgehead atoms. The van der Waals surface area contributed by atoms with Gasteiger partial charge in [-0.1, -0.05) is 12.1 Å². The summed E-state index contributed by atoms with van der Waals surface area (Å²) >= 11 is 0. The molecule has 6 heteroatoms. The molecule has 4 rings (SSSR count). The average molecular weight is 308 g/mol. The molecule has 23 heavy (non-hydrogen) atoms. The number of nitrogen functional groups attached to an aromatic ring is 1. The first-order valence-electron chi connectivity index (χ1n) is 8.05. The van der Waals surface area contributed by atoms with Crippen LogP contribution in [0.4, 0.5) is 11.8 Å². The molecule has 1 atom stereocenters. The molecular formula is C17H20N6. The number of anilines is 2. The van der Waals surface area contributed by atoms with E-state index in [4.69, 9.17) is 10.7 Å². The van der Waals surface area contributed by atoms with Crippen LogP contribution in [0.1, 0.15) is 18.7 Å². The van der Waals surface area contributed by atoms with E-state index in [0.29, 0.717) is 11.7 Å². The van der Waals surface area contributed by atoms with E-state index in [1.54, 1.807) is 12.3 Å². The molecule has 0 spiro atoms. The molecule has 3 heterocycles.